The first-order valence-electron chi connectivity index (χ1n) is 9.15. The minimum absolute atomic E-state index is 0.0163. The van der Waals surface area contributed by atoms with Crippen molar-refractivity contribution in [2.24, 2.45) is 5.73 Å². The highest BCUT2D eigenvalue weighted by molar-refractivity contribution is 9.10. The van der Waals surface area contributed by atoms with E-state index in [1.54, 1.807) is 24.3 Å². The third-order valence-corrected chi connectivity index (χ3v) is 6.00. The Morgan fingerprint density at radius 2 is 2.00 bits per heavy atom. The molecule has 10 heteroatoms. The van der Waals surface area contributed by atoms with E-state index >= 15 is 0 Å². The Kier molecular flexibility index (Phi) is 5.92. The van der Waals surface area contributed by atoms with Crippen molar-refractivity contribution in [3.8, 4) is 0 Å². The maximum atomic E-state index is 12.7. The first-order chi connectivity index (χ1) is 14.9. The Morgan fingerprint density at radius 3 is 2.81 bits per heavy atom. The number of aromatic nitrogens is 3. The van der Waals surface area contributed by atoms with E-state index in [0.717, 1.165) is 20.9 Å². The Labute approximate surface area is 190 Å². The summed E-state index contributed by atoms with van der Waals surface area (Å²) in [7, 11) is 0. The van der Waals surface area contributed by atoms with Crippen LogP contribution in [0.3, 0.4) is 0 Å². The number of nitrogens with zero attached hydrogens (tertiary/aromatic N) is 2. The van der Waals surface area contributed by atoms with Crippen molar-refractivity contribution in [3.63, 3.8) is 0 Å². The fourth-order valence-electron chi connectivity index (χ4n) is 3.03. The van der Waals surface area contributed by atoms with Gasteiger partial charge in [0.05, 0.1) is 11.8 Å². The molecule has 156 valence electrons. The highest BCUT2D eigenvalue weighted by Crippen LogP contribution is 2.29. The van der Waals surface area contributed by atoms with Gasteiger partial charge in [0, 0.05) is 33.0 Å². The van der Waals surface area contributed by atoms with Gasteiger partial charge in [-0.3, -0.25) is 9.59 Å². The monoisotopic (exact) mass is 496 g/mol. The molecule has 2 aromatic heterocycles. The quantitative estimate of drug-likeness (QED) is 0.322. The molecular weight excluding hydrogens is 480 g/mol. The van der Waals surface area contributed by atoms with Crippen LogP contribution in [-0.2, 0) is 6.54 Å². The minimum Gasteiger partial charge on any atom is -0.382 e. The molecule has 8 nitrogen and oxygen atoms in total. The van der Waals surface area contributed by atoms with Gasteiger partial charge in [-0.05, 0) is 35.9 Å². The van der Waals surface area contributed by atoms with Crippen LogP contribution in [0.5, 0.6) is 0 Å². The number of halogens is 1. The number of hydrogen-bond acceptors (Lipinski definition) is 6. The topological polar surface area (TPSA) is 140 Å². The first-order valence-corrected chi connectivity index (χ1v) is 10.8. The average Bonchev–Trinajstić information content (AvgIpc) is 3.15. The number of H-pyrrole nitrogens is 1. The van der Waals surface area contributed by atoms with E-state index in [0.29, 0.717) is 15.5 Å². The van der Waals surface area contributed by atoms with Gasteiger partial charge in [-0.2, -0.15) is 0 Å². The van der Waals surface area contributed by atoms with Crippen molar-refractivity contribution < 1.29 is 9.59 Å². The molecule has 2 heterocycles. The second-order valence-corrected chi connectivity index (χ2v) is 8.57. The van der Waals surface area contributed by atoms with Gasteiger partial charge in [0.15, 0.2) is 11.5 Å². The molecule has 0 saturated heterocycles. The SMILES string of the molecule is NC(=O)c1ccccc1Sc1cnc(N)c(C(=O)NCc2c[nH]c3ccc(Br)cc23)n1. The predicted octanol–water partition coefficient (Wildman–Crippen LogP) is 3.48. The Bertz CT molecular complexity index is 1310. The lowest BCUT2D eigenvalue weighted by atomic mass is 10.2. The normalized spacial score (nSPS) is 10.9. The molecule has 0 saturated carbocycles. The number of anilines is 1. The molecule has 0 spiro atoms. The summed E-state index contributed by atoms with van der Waals surface area (Å²) in [6, 6.07) is 12.8. The summed E-state index contributed by atoms with van der Waals surface area (Å²) in [6.07, 6.45) is 3.30. The summed E-state index contributed by atoms with van der Waals surface area (Å²) in [6.45, 7) is 0.290. The van der Waals surface area contributed by atoms with Crippen molar-refractivity contribution in [1.82, 2.24) is 20.3 Å². The number of aromatic amines is 1. The van der Waals surface area contributed by atoms with E-state index in [4.69, 9.17) is 11.5 Å². The molecule has 0 fully saturated rings. The molecule has 0 radical (unpaired) electrons. The summed E-state index contributed by atoms with van der Waals surface area (Å²) < 4.78 is 0.947. The molecule has 0 unspecified atom stereocenters. The molecule has 0 aliphatic rings. The number of fused-ring (bicyclic) bond motifs is 1. The average molecular weight is 497 g/mol. The molecule has 6 N–H and O–H groups in total. The van der Waals surface area contributed by atoms with Gasteiger partial charge in [-0.25, -0.2) is 9.97 Å². The fraction of sp³-hybridized carbons (Fsp3) is 0.0476. The summed E-state index contributed by atoms with van der Waals surface area (Å²) in [5, 5.41) is 4.26. The zero-order valence-electron chi connectivity index (χ0n) is 16.1. The molecule has 0 aliphatic carbocycles. The van der Waals surface area contributed by atoms with Gasteiger partial charge in [0.2, 0.25) is 5.91 Å². The number of rotatable bonds is 6. The fourth-order valence-corrected chi connectivity index (χ4v) is 4.28. The lowest BCUT2D eigenvalue weighted by molar-refractivity contribution is 0.0944. The molecule has 0 aliphatic heterocycles. The van der Waals surface area contributed by atoms with Crippen molar-refractivity contribution in [1.29, 1.82) is 0 Å². The van der Waals surface area contributed by atoms with Gasteiger partial charge in [0.25, 0.3) is 5.91 Å². The highest BCUT2D eigenvalue weighted by atomic mass is 79.9. The number of benzene rings is 2. The Morgan fingerprint density at radius 1 is 1.19 bits per heavy atom. The number of carbonyl (C=O) groups excluding carboxylic acids is 2. The van der Waals surface area contributed by atoms with Crippen LogP contribution >= 0.6 is 27.7 Å². The minimum atomic E-state index is -0.546. The standard InChI is InChI=1S/C21H17BrN6O2S/c22-12-5-6-15-14(7-12)11(8-25-15)9-27-21(30)18-19(23)26-10-17(28-18)31-16-4-2-1-3-13(16)20(24)29/h1-8,10,25H,9H2,(H2,23,26)(H2,24,29)(H,27,30). The number of primary amides is 1. The van der Waals surface area contributed by atoms with Crippen molar-refractivity contribution in [3.05, 3.63) is 76.2 Å². The van der Waals surface area contributed by atoms with Crippen LogP contribution in [0.25, 0.3) is 10.9 Å². The van der Waals surface area contributed by atoms with Gasteiger partial charge in [-0.1, -0.05) is 39.8 Å². The lowest BCUT2D eigenvalue weighted by Gasteiger charge is -2.09. The van der Waals surface area contributed by atoms with Crippen LogP contribution in [0.1, 0.15) is 26.4 Å². The van der Waals surface area contributed by atoms with E-state index in [1.807, 2.05) is 24.4 Å². The van der Waals surface area contributed by atoms with Crippen molar-refractivity contribution >= 4 is 56.2 Å². The maximum absolute atomic E-state index is 12.7. The van der Waals surface area contributed by atoms with Gasteiger partial charge < -0.3 is 21.8 Å². The van der Waals surface area contributed by atoms with Crippen LogP contribution in [0.2, 0.25) is 0 Å². The summed E-state index contributed by atoms with van der Waals surface area (Å²) in [4.78, 5) is 36.6. The summed E-state index contributed by atoms with van der Waals surface area (Å²) in [5.41, 5.74) is 13.6. The molecule has 0 atom stereocenters. The smallest absolute Gasteiger partial charge is 0.274 e. The molecule has 2 aromatic carbocycles. The van der Waals surface area contributed by atoms with Crippen LogP contribution < -0.4 is 16.8 Å². The van der Waals surface area contributed by atoms with Crippen LogP contribution in [0, 0.1) is 0 Å². The van der Waals surface area contributed by atoms with E-state index in [9.17, 15) is 9.59 Å². The summed E-state index contributed by atoms with van der Waals surface area (Å²) >= 11 is 4.64. The van der Waals surface area contributed by atoms with Crippen LogP contribution in [-0.4, -0.2) is 26.8 Å². The van der Waals surface area contributed by atoms with Gasteiger partial charge in [-0.15, -0.1) is 0 Å². The number of nitrogens with two attached hydrogens (primary N) is 2. The first kappa shape index (κ1) is 20.9. The summed E-state index contributed by atoms with van der Waals surface area (Å²) in [5.74, 6) is -0.971. The highest BCUT2D eigenvalue weighted by Gasteiger charge is 2.16. The van der Waals surface area contributed by atoms with Crippen LogP contribution in [0.4, 0.5) is 5.82 Å². The number of hydrogen-bond donors (Lipinski definition) is 4. The molecule has 31 heavy (non-hydrogen) atoms. The molecule has 4 rings (SSSR count). The second kappa shape index (κ2) is 8.78. The zero-order chi connectivity index (χ0) is 22.0. The molecule has 2 amide bonds. The predicted molar refractivity (Wildman–Crippen MR) is 123 cm³/mol. The number of carbonyl (C=O) groups is 2. The number of nitrogen functional groups attached to an aromatic ring is 1. The largest absolute Gasteiger partial charge is 0.382 e. The van der Waals surface area contributed by atoms with E-state index in [-0.39, 0.29) is 18.1 Å². The third kappa shape index (κ3) is 4.54. The number of amides is 2. The van der Waals surface area contributed by atoms with E-state index < -0.39 is 11.8 Å². The second-order valence-electron chi connectivity index (χ2n) is 6.59. The van der Waals surface area contributed by atoms with Gasteiger partial charge in [0.1, 0.15) is 5.03 Å². The zero-order valence-corrected chi connectivity index (χ0v) is 18.5. The maximum Gasteiger partial charge on any atom is 0.274 e. The molecule has 4 aromatic rings. The molecule has 0 bridgehead atoms. The number of nitrogens with one attached hydrogen (secondary N) is 2. The van der Waals surface area contributed by atoms with Crippen molar-refractivity contribution in [2.75, 3.05) is 5.73 Å². The van der Waals surface area contributed by atoms with Crippen LogP contribution in [0.15, 0.2) is 69.3 Å². The Hall–Kier alpha value is -3.37. The van der Waals surface area contributed by atoms with E-state index in [1.165, 1.54) is 18.0 Å². The van der Waals surface area contributed by atoms with E-state index in [2.05, 4.69) is 36.2 Å². The third-order valence-electron chi connectivity index (χ3n) is 4.53. The van der Waals surface area contributed by atoms with Crippen molar-refractivity contribution in [2.45, 2.75) is 16.5 Å². The lowest BCUT2D eigenvalue weighted by Crippen LogP contribution is -2.25. The van der Waals surface area contributed by atoms with Gasteiger partial charge >= 0.3 is 0 Å². The molecular formula is C21H17BrN6O2S. The Balaban J connectivity index is 1.53.